The van der Waals surface area contributed by atoms with Gasteiger partial charge in [-0.3, -0.25) is 9.59 Å². The Bertz CT molecular complexity index is 760. The van der Waals surface area contributed by atoms with E-state index in [9.17, 15) is 9.59 Å². The third-order valence-corrected chi connectivity index (χ3v) is 4.00. The summed E-state index contributed by atoms with van der Waals surface area (Å²) in [6, 6.07) is 6.84. The maximum Gasteiger partial charge on any atom is 0.310 e. The van der Waals surface area contributed by atoms with E-state index in [0.717, 1.165) is 0 Å². The van der Waals surface area contributed by atoms with Gasteiger partial charge >= 0.3 is 5.97 Å². The molecule has 2 rings (SSSR count). The molecular weight excluding hydrogens is 334 g/mol. The number of benzene rings is 1. The molecule has 0 spiro atoms. The first-order valence-corrected chi connectivity index (χ1v) is 8.62. The van der Waals surface area contributed by atoms with Crippen LogP contribution in [0.25, 0.3) is 0 Å². The number of aromatic nitrogens is 2. The van der Waals surface area contributed by atoms with E-state index in [2.05, 4.69) is 15.5 Å². The van der Waals surface area contributed by atoms with Crippen LogP contribution in [0.3, 0.4) is 0 Å². The summed E-state index contributed by atoms with van der Waals surface area (Å²) in [5, 5.41) is 15.8. The van der Waals surface area contributed by atoms with Crippen LogP contribution in [0.1, 0.15) is 63.7 Å². The number of aryl methyl sites for hydroxylation is 1. The van der Waals surface area contributed by atoms with E-state index in [4.69, 9.17) is 9.63 Å². The number of rotatable bonds is 7. The van der Waals surface area contributed by atoms with Crippen molar-refractivity contribution in [1.82, 2.24) is 10.1 Å². The average molecular weight is 359 g/mol. The van der Waals surface area contributed by atoms with Crippen LogP contribution < -0.4 is 5.32 Å². The minimum atomic E-state index is -0.877. The molecule has 0 bridgehead atoms. The molecule has 1 heterocycles. The molecule has 1 atom stereocenters. The van der Waals surface area contributed by atoms with Gasteiger partial charge in [0, 0.05) is 23.9 Å². The number of carboxylic acid groups (broad SMARTS) is 1. The van der Waals surface area contributed by atoms with Gasteiger partial charge in [0.2, 0.25) is 11.8 Å². The van der Waals surface area contributed by atoms with Crippen molar-refractivity contribution in [2.45, 2.75) is 58.3 Å². The Morgan fingerprint density at radius 3 is 2.42 bits per heavy atom. The third kappa shape index (κ3) is 5.40. The highest BCUT2D eigenvalue weighted by Gasteiger charge is 2.20. The van der Waals surface area contributed by atoms with E-state index in [1.807, 2.05) is 20.8 Å². The molecule has 0 radical (unpaired) electrons. The fourth-order valence-corrected chi connectivity index (χ4v) is 2.28. The standard InChI is InChI=1S/C19H25N3O4/c1-12(17(24)25)13-8-10-14(11-9-13)20-15(23)6-5-7-16-21-18(22-26-16)19(2,3)4/h8-12H,5-7H2,1-4H3,(H,20,23)(H,24,25). The van der Waals surface area contributed by atoms with Gasteiger partial charge in [-0.1, -0.05) is 38.1 Å². The quantitative estimate of drug-likeness (QED) is 0.783. The van der Waals surface area contributed by atoms with Crippen LogP contribution in [-0.4, -0.2) is 27.1 Å². The molecule has 0 saturated carbocycles. The van der Waals surface area contributed by atoms with Gasteiger partial charge in [-0.25, -0.2) is 0 Å². The van der Waals surface area contributed by atoms with Gasteiger partial charge in [0.1, 0.15) is 0 Å². The molecule has 7 heteroatoms. The van der Waals surface area contributed by atoms with Gasteiger partial charge < -0.3 is 14.9 Å². The summed E-state index contributed by atoms with van der Waals surface area (Å²) in [4.78, 5) is 27.3. The van der Waals surface area contributed by atoms with E-state index in [0.29, 0.717) is 42.2 Å². The van der Waals surface area contributed by atoms with Crippen molar-refractivity contribution in [2.75, 3.05) is 5.32 Å². The molecule has 0 aliphatic rings. The van der Waals surface area contributed by atoms with E-state index in [1.165, 1.54) is 0 Å². The van der Waals surface area contributed by atoms with Crippen LogP contribution in [0.2, 0.25) is 0 Å². The summed E-state index contributed by atoms with van der Waals surface area (Å²) in [6.45, 7) is 7.66. The van der Waals surface area contributed by atoms with Gasteiger partial charge in [0.15, 0.2) is 5.82 Å². The van der Waals surface area contributed by atoms with E-state index in [1.54, 1.807) is 31.2 Å². The highest BCUT2D eigenvalue weighted by molar-refractivity contribution is 5.90. The predicted molar refractivity (Wildman–Crippen MR) is 97.1 cm³/mol. The molecule has 1 aromatic carbocycles. The molecule has 26 heavy (non-hydrogen) atoms. The molecule has 0 fully saturated rings. The second-order valence-electron chi connectivity index (χ2n) is 7.35. The van der Waals surface area contributed by atoms with Crippen molar-refractivity contribution in [3.63, 3.8) is 0 Å². The SMILES string of the molecule is CC(C(=O)O)c1ccc(NC(=O)CCCc2nc(C(C)(C)C)no2)cc1. The first-order chi connectivity index (χ1) is 12.2. The predicted octanol–water partition coefficient (Wildman–Crippen LogP) is 3.52. The lowest BCUT2D eigenvalue weighted by atomic mass is 9.96. The minimum Gasteiger partial charge on any atom is -0.481 e. The summed E-state index contributed by atoms with van der Waals surface area (Å²) in [6.07, 6.45) is 1.48. The zero-order chi connectivity index (χ0) is 19.3. The van der Waals surface area contributed by atoms with Crippen LogP contribution in [0.4, 0.5) is 5.69 Å². The van der Waals surface area contributed by atoms with Crippen LogP contribution in [0.15, 0.2) is 28.8 Å². The fraction of sp³-hybridized carbons (Fsp3) is 0.474. The highest BCUT2D eigenvalue weighted by Crippen LogP contribution is 2.20. The monoisotopic (exact) mass is 359 g/mol. The zero-order valence-electron chi connectivity index (χ0n) is 15.6. The number of hydrogen-bond acceptors (Lipinski definition) is 5. The van der Waals surface area contributed by atoms with Gasteiger partial charge in [0.25, 0.3) is 0 Å². The van der Waals surface area contributed by atoms with Crippen LogP contribution in [-0.2, 0) is 21.4 Å². The van der Waals surface area contributed by atoms with Gasteiger partial charge in [-0.05, 0) is 31.0 Å². The number of carboxylic acids is 1. The number of aliphatic carboxylic acids is 1. The van der Waals surface area contributed by atoms with E-state index >= 15 is 0 Å². The Morgan fingerprint density at radius 1 is 1.23 bits per heavy atom. The minimum absolute atomic E-state index is 0.111. The van der Waals surface area contributed by atoms with Crippen molar-refractivity contribution in [3.8, 4) is 0 Å². The van der Waals surface area contributed by atoms with Crippen molar-refractivity contribution in [2.24, 2.45) is 0 Å². The Hall–Kier alpha value is -2.70. The Morgan fingerprint density at radius 2 is 1.88 bits per heavy atom. The van der Waals surface area contributed by atoms with Crippen LogP contribution in [0, 0.1) is 0 Å². The molecule has 7 nitrogen and oxygen atoms in total. The summed E-state index contributed by atoms with van der Waals surface area (Å²) < 4.78 is 5.21. The number of nitrogens with zero attached hydrogens (tertiary/aromatic N) is 2. The van der Waals surface area contributed by atoms with Crippen molar-refractivity contribution in [3.05, 3.63) is 41.5 Å². The van der Waals surface area contributed by atoms with Crippen LogP contribution in [0.5, 0.6) is 0 Å². The normalized spacial score (nSPS) is 12.6. The van der Waals surface area contributed by atoms with Gasteiger partial charge in [-0.15, -0.1) is 0 Å². The number of anilines is 1. The first-order valence-electron chi connectivity index (χ1n) is 8.62. The van der Waals surface area contributed by atoms with Crippen molar-refractivity contribution in [1.29, 1.82) is 0 Å². The Balaban J connectivity index is 1.80. The molecule has 1 amide bonds. The number of amides is 1. The first kappa shape index (κ1) is 19.6. The molecule has 1 unspecified atom stereocenters. The molecule has 2 N–H and O–H groups in total. The fourth-order valence-electron chi connectivity index (χ4n) is 2.28. The van der Waals surface area contributed by atoms with Crippen molar-refractivity contribution >= 4 is 17.6 Å². The summed E-state index contributed by atoms with van der Waals surface area (Å²) >= 11 is 0. The Kier molecular flexibility index (Phi) is 6.13. The molecule has 0 aliphatic carbocycles. The molecule has 140 valence electrons. The van der Waals surface area contributed by atoms with Gasteiger partial charge in [-0.2, -0.15) is 4.98 Å². The Labute approximate surface area is 152 Å². The largest absolute Gasteiger partial charge is 0.481 e. The summed E-state index contributed by atoms with van der Waals surface area (Å²) in [7, 11) is 0. The topological polar surface area (TPSA) is 105 Å². The second-order valence-corrected chi connectivity index (χ2v) is 7.35. The third-order valence-electron chi connectivity index (χ3n) is 4.00. The lowest BCUT2D eigenvalue weighted by Crippen LogP contribution is -2.13. The van der Waals surface area contributed by atoms with Crippen molar-refractivity contribution < 1.29 is 19.2 Å². The number of nitrogens with one attached hydrogen (secondary N) is 1. The summed E-state index contributed by atoms with van der Waals surface area (Å²) in [5.74, 6) is -0.369. The average Bonchev–Trinajstić information content (AvgIpc) is 3.04. The number of carbonyl (C=O) groups is 2. The smallest absolute Gasteiger partial charge is 0.310 e. The zero-order valence-corrected chi connectivity index (χ0v) is 15.6. The maximum atomic E-state index is 12.0. The van der Waals surface area contributed by atoms with E-state index < -0.39 is 11.9 Å². The molecule has 0 aliphatic heterocycles. The highest BCUT2D eigenvalue weighted by atomic mass is 16.5. The summed E-state index contributed by atoms with van der Waals surface area (Å²) in [5.41, 5.74) is 1.18. The maximum absolute atomic E-state index is 12.0. The molecular formula is C19H25N3O4. The van der Waals surface area contributed by atoms with Crippen LogP contribution >= 0.6 is 0 Å². The lowest BCUT2D eigenvalue weighted by Gasteiger charge is -2.10. The van der Waals surface area contributed by atoms with E-state index in [-0.39, 0.29) is 11.3 Å². The van der Waals surface area contributed by atoms with Gasteiger partial charge in [0.05, 0.1) is 5.92 Å². The molecule has 0 saturated heterocycles. The number of carbonyl (C=O) groups excluding carboxylic acids is 1. The molecule has 2 aromatic rings. The molecule has 1 aromatic heterocycles. The lowest BCUT2D eigenvalue weighted by molar-refractivity contribution is -0.138. The number of hydrogen-bond donors (Lipinski definition) is 2. The second kappa shape index (κ2) is 8.12.